The van der Waals surface area contributed by atoms with Crippen molar-refractivity contribution >= 4 is 23.3 Å². The highest BCUT2D eigenvalue weighted by Gasteiger charge is 2.33. The molecule has 0 saturated heterocycles. The molecule has 0 radical (unpaired) electrons. The fourth-order valence-corrected chi connectivity index (χ4v) is 1.44. The Morgan fingerprint density at radius 3 is 2.31 bits per heavy atom. The number of nitrogens with zero attached hydrogens (tertiary/aromatic N) is 1. The number of nitro benzene ring substituents is 1. The highest BCUT2D eigenvalue weighted by atomic mass is 35.5. The third-order valence-corrected chi connectivity index (χ3v) is 2.26. The molecule has 0 atom stereocenters. The summed E-state index contributed by atoms with van der Waals surface area (Å²) in [6.45, 7) is 0.937. The second kappa shape index (κ2) is 4.01. The first-order valence-electron chi connectivity index (χ1n) is 3.83. The van der Waals surface area contributed by atoms with E-state index in [1.807, 2.05) is 0 Å². The second-order valence-electron chi connectivity index (χ2n) is 2.85. The molecule has 0 aliphatic rings. The molecule has 0 amide bonds. The molecular weight excluding hydrogens is 248 g/mol. The van der Waals surface area contributed by atoms with Crippen LogP contribution in [0.1, 0.15) is 15.9 Å². The molecule has 8 heteroatoms. The Balaban J connectivity index is 3.83. The van der Waals surface area contributed by atoms with Crippen molar-refractivity contribution in [2.24, 2.45) is 0 Å². The van der Waals surface area contributed by atoms with Crippen LogP contribution in [0, 0.1) is 28.7 Å². The highest BCUT2D eigenvalue weighted by molar-refractivity contribution is 6.33. The van der Waals surface area contributed by atoms with E-state index in [2.05, 4.69) is 0 Å². The second-order valence-corrected chi connectivity index (χ2v) is 3.23. The first kappa shape index (κ1) is 12.3. The van der Waals surface area contributed by atoms with Gasteiger partial charge in [-0.3, -0.25) is 10.1 Å². The first-order chi connectivity index (χ1) is 7.29. The van der Waals surface area contributed by atoms with Crippen molar-refractivity contribution in [3.63, 3.8) is 0 Å². The molecule has 0 spiro atoms. The molecular formula is C8H4ClF2NO4. The summed E-state index contributed by atoms with van der Waals surface area (Å²) in [7, 11) is 0. The van der Waals surface area contributed by atoms with Crippen molar-refractivity contribution in [1.82, 2.24) is 0 Å². The van der Waals surface area contributed by atoms with Crippen molar-refractivity contribution in [3.8, 4) is 0 Å². The lowest BCUT2D eigenvalue weighted by molar-refractivity contribution is -0.385. The maximum absolute atomic E-state index is 13.3. The Kier molecular flexibility index (Phi) is 3.09. The zero-order chi connectivity index (χ0) is 12.6. The van der Waals surface area contributed by atoms with Gasteiger partial charge in [-0.05, 0) is 6.92 Å². The molecule has 16 heavy (non-hydrogen) atoms. The predicted octanol–water partition coefficient (Wildman–Crippen LogP) is 2.53. The predicted molar refractivity (Wildman–Crippen MR) is 49.7 cm³/mol. The number of hydrogen-bond acceptors (Lipinski definition) is 3. The van der Waals surface area contributed by atoms with Gasteiger partial charge in [0.15, 0.2) is 22.2 Å². The molecule has 0 fully saturated rings. The number of nitro groups is 1. The minimum absolute atomic E-state index is 0.673. The minimum Gasteiger partial charge on any atom is -0.477 e. The third kappa shape index (κ3) is 1.69. The van der Waals surface area contributed by atoms with Crippen LogP contribution >= 0.6 is 11.6 Å². The molecule has 0 heterocycles. The van der Waals surface area contributed by atoms with Gasteiger partial charge in [-0.1, -0.05) is 11.6 Å². The monoisotopic (exact) mass is 251 g/mol. The van der Waals surface area contributed by atoms with Crippen molar-refractivity contribution in [2.75, 3.05) is 0 Å². The summed E-state index contributed by atoms with van der Waals surface area (Å²) in [6.07, 6.45) is 0. The number of carbonyl (C=O) groups is 1. The third-order valence-electron chi connectivity index (χ3n) is 1.91. The van der Waals surface area contributed by atoms with Crippen molar-refractivity contribution in [1.29, 1.82) is 0 Å². The number of aromatic carboxylic acids is 1. The van der Waals surface area contributed by atoms with Crippen LogP contribution in [-0.2, 0) is 0 Å². The Morgan fingerprint density at radius 1 is 1.44 bits per heavy atom. The standard InChI is InChI=1S/C8H4ClF2NO4/c1-2-5(10)3(8(13)14)7(12(15)16)4(9)6(2)11/h1H3,(H,13,14). The maximum Gasteiger partial charge on any atom is 0.345 e. The van der Waals surface area contributed by atoms with Gasteiger partial charge in [0.2, 0.25) is 0 Å². The van der Waals surface area contributed by atoms with E-state index in [4.69, 9.17) is 16.7 Å². The largest absolute Gasteiger partial charge is 0.477 e. The molecule has 0 aliphatic heterocycles. The number of halogens is 3. The molecule has 0 aliphatic carbocycles. The maximum atomic E-state index is 13.3. The summed E-state index contributed by atoms with van der Waals surface area (Å²) in [5, 5.41) is 18.1. The molecule has 0 saturated carbocycles. The normalized spacial score (nSPS) is 10.2. The number of benzene rings is 1. The topological polar surface area (TPSA) is 80.4 Å². The Morgan fingerprint density at radius 2 is 1.94 bits per heavy atom. The zero-order valence-corrected chi connectivity index (χ0v) is 8.51. The summed E-state index contributed by atoms with van der Waals surface area (Å²) in [5.41, 5.74) is -3.20. The molecule has 1 N–H and O–H groups in total. The first-order valence-corrected chi connectivity index (χ1v) is 4.21. The summed E-state index contributed by atoms with van der Waals surface area (Å²) < 4.78 is 26.5. The van der Waals surface area contributed by atoms with Gasteiger partial charge in [0, 0.05) is 5.56 Å². The minimum atomic E-state index is -1.88. The van der Waals surface area contributed by atoms with E-state index in [0.717, 1.165) is 6.92 Å². The van der Waals surface area contributed by atoms with Crippen molar-refractivity contribution < 1.29 is 23.6 Å². The van der Waals surface area contributed by atoms with Crippen LogP contribution in [0.5, 0.6) is 0 Å². The van der Waals surface area contributed by atoms with Crippen molar-refractivity contribution in [3.05, 3.63) is 37.9 Å². The Labute approximate surface area is 92.4 Å². The summed E-state index contributed by atoms with van der Waals surface area (Å²) in [4.78, 5) is 19.9. The zero-order valence-electron chi connectivity index (χ0n) is 7.75. The summed E-state index contributed by atoms with van der Waals surface area (Å²) in [5.74, 6) is -4.72. The van der Waals surface area contributed by atoms with E-state index in [1.54, 1.807) is 0 Å². The van der Waals surface area contributed by atoms with E-state index in [9.17, 15) is 23.7 Å². The van der Waals surface area contributed by atoms with Crippen LogP contribution in [-0.4, -0.2) is 16.0 Å². The number of rotatable bonds is 2. The van der Waals surface area contributed by atoms with E-state index in [0.29, 0.717) is 0 Å². The smallest absolute Gasteiger partial charge is 0.345 e. The number of carboxylic acids is 1. The van der Waals surface area contributed by atoms with Gasteiger partial charge in [-0.2, -0.15) is 0 Å². The average molecular weight is 252 g/mol. The van der Waals surface area contributed by atoms with Crippen LogP contribution < -0.4 is 0 Å². The van der Waals surface area contributed by atoms with E-state index < -0.39 is 44.4 Å². The van der Waals surface area contributed by atoms with Gasteiger partial charge < -0.3 is 5.11 Å². The molecule has 86 valence electrons. The molecule has 0 bridgehead atoms. The number of carboxylic acid groups (broad SMARTS) is 1. The molecule has 0 unspecified atom stereocenters. The Hall–Kier alpha value is -1.76. The van der Waals surface area contributed by atoms with E-state index in [-0.39, 0.29) is 0 Å². The molecule has 1 aromatic rings. The van der Waals surface area contributed by atoms with E-state index >= 15 is 0 Å². The van der Waals surface area contributed by atoms with Crippen LogP contribution in [0.15, 0.2) is 0 Å². The molecule has 0 aromatic heterocycles. The quantitative estimate of drug-likeness (QED) is 0.497. The van der Waals surface area contributed by atoms with Gasteiger partial charge >= 0.3 is 11.7 Å². The number of hydrogen-bond donors (Lipinski definition) is 1. The van der Waals surface area contributed by atoms with Gasteiger partial charge in [-0.25, -0.2) is 13.6 Å². The van der Waals surface area contributed by atoms with Gasteiger partial charge in [0.25, 0.3) is 0 Å². The molecule has 1 aromatic carbocycles. The van der Waals surface area contributed by atoms with Crippen LogP contribution in [0.25, 0.3) is 0 Å². The van der Waals surface area contributed by atoms with Gasteiger partial charge in [-0.15, -0.1) is 0 Å². The lowest BCUT2D eigenvalue weighted by Crippen LogP contribution is -2.10. The average Bonchev–Trinajstić information content (AvgIpc) is 2.18. The summed E-state index contributed by atoms with van der Waals surface area (Å²) in [6, 6.07) is 0. The van der Waals surface area contributed by atoms with Gasteiger partial charge in [0.05, 0.1) is 4.92 Å². The fourth-order valence-electron chi connectivity index (χ4n) is 1.13. The van der Waals surface area contributed by atoms with Crippen molar-refractivity contribution in [2.45, 2.75) is 6.92 Å². The highest BCUT2D eigenvalue weighted by Crippen LogP contribution is 2.35. The summed E-state index contributed by atoms with van der Waals surface area (Å²) >= 11 is 5.27. The van der Waals surface area contributed by atoms with Crippen LogP contribution in [0.3, 0.4) is 0 Å². The lowest BCUT2D eigenvalue weighted by atomic mass is 10.1. The molecule has 1 rings (SSSR count). The lowest BCUT2D eigenvalue weighted by Gasteiger charge is -2.06. The van der Waals surface area contributed by atoms with E-state index in [1.165, 1.54) is 0 Å². The fraction of sp³-hybridized carbons (Fsp3) is 0.125. The SMILES string of the molecule is Cc1c(F)c(Cl)c([N+](=O)[O-])c(C(=O)O)c1F. The Bertz CT molecular complexity index is 459. The molecule has 5 nitrogen and oxygen atoms in total. The van der Waals surface area contributed by atoms with Gasteiger partial charge in [0.1, 0.15) is 0 Å². The van der Waals surface area contributed by atoms with Crippen LogP contribution in [0.4, 0.5) is 14.5 Å². The van der Waals surface area contributed by atoms with Crippen LogP contribution in [0.2, 0.25) is 5.02 Å².